The van der Waals surface area contributed by atoms with E-state index in [1.165, 1.54) is 47.5 Å². The van der Waals surface area contributed by atoms with Gasteiger partial charge in [-0.1, -0.05) is 72.8 Å². The van der Waals surface area contributed by atoms with Crippen molar-refractivity contribution in [3.8, 4) is 0 Å². The van der Waals surface area contributed by atoms with Crippen molar-refractivity contribution in [1.82, 2.24) is 9.21 Å². The Morgan fingerprint density at radius 1 is 0.793 bits per heavy atom. The first-order valence-electron chi connectivity index (χ1n) is 10.6. The van der Waals surface area contributed by atoms with Gasteiger partial charge in [0.15, 0.2) is 0 Å². The first kappa shape index (κ1) is 20.2. The molecule has 0 unspecified atom stereocenters. The van der Waals surface area contributed by atoms with E-state index in [-0.39, 0.29) is 0 Å². The Kier molecular flexibility index (Phi) is 7.04. The molecule has 0 atom stereocenters. The van der Waals surface area contributed by atoms with Gasteiger partial charge in [0.1, 0.15) is 0 Å². The number of hydrogen-bond donors (Lipinski definition) is 0. The van der Waals surface area contributed by atoms with Crippen LogP contribution in [0.2, 0.25) is 0 Å². The van der Waals surface area contributed by atoms with Crippen LogP contribution in [0.15, 0.2) is 89.8 Å². The van der Waals surface area contributed by atoms with Gasteiger partial charge >= 0.3 is 0 Å². The van der Waals surface area contributed by atoms with Crippen molar-refractivity contribution in [2.75, 3.05) is 20.1 Å². The maximum Gasteiger partial charge on any atom is 0.0340 e. The smallest absolute Gasteiger partial charge is 0.0340 e. The zero-order chi connectivity index (χ0) is 19.9. The van der Waals surface area contributed by atoms with Crippen LogP contribution in [0.25, 0.3) is 0 Å². The molecule has 1 aliphatic rings. The minimum absolute atomic E-state index is 0.728. The fraction of sp³-hybridized carbons (Fsp3) is 0.308. The fourth-order valence-corrected chi connectivity index (χ4v) is 4.95. The van der Waals surface area contributed by atoms with E-state index in [1.807, 2.05) is 11.9 Å². The maximum atomic E-state index is 2.60. The molecule has 4 rings (SSSR count). The van der Waals surface area contributed by atoms with Crippen LogP contribution in [0.3, 0.4) is 0 Å². The van der Waals surface area contributed by atoms with E-state index in [0.29, 0.717) is 0 Å². The van der Waals surface area contributed by atoms with Crippen molar-refractivity contribution in [2.45, 2.75) is 36.7 Å². The predicted molar refractivity (Wildman–Crippen MR) is 124 cm³/mol. The molecule has 3 aromatic carbocycles. The number of nitrogens with zero attached hydrogens (tertiary/aromatic N) is 2. The fourth-order valence-electron chi connectivity index (χ4n) is 4.12. The van der Waals surface area contributed by atoms with Gasteiger partial charge in [-0.2, -0.15) is 0 Å². The van der Waals surface area contributed by atoms with Gasteiger partial charge in [0.05, 0.1) is 0 Å². The lowest BCUT2D eigenvalue weighted by Gasteiger charge is -2.32. The van der Waals surface area contributed by atoms with Gasteiger partial charge in [0, 0.05) is 18.0 Å². The van der Waals surface area contributed by atoms with E-state index < -0.39 is 0 Å². The second-order valence-corrected chi connectivity index (χ2v) is 9.25. The Hall–Kier alpha value is -2.07. The molecule has 1 fully saturated rings. The van der Waals surface area contributed by atoms with E-state index >= 15 is 0 Å². The van der Waals surface area contributed by atoms with E-state index in [1.54, 1.807) is 0 Å². The Morgan fingerprint density at radius 3 is 2.07 bits per heavy atom. The Morgan fingerprint density at radius 2 is 1.41 bits per heavy atom. The Labute approximate surface area is 179 Å². The minimum Gasteiger partial charge on any atom is -0.299 e. The topological polar surface area (TPSA) is 6.48 Å². The van der Waals surface area contributed by atoms with Crippen molar-refractivity contribution >= 4 is 11.9 Å². The summed E-state index contributed by atoms with van der Waals surface area (Å²) in [7, 11) is 2.16. The summed E-state index contributed by atoms with van der Waals surface area (Å²) in [6.07, 6.45) is 2.53. The zero-order valence-electron chi connectivity index (χ0n) is 17.2. The summed E-state index contributed by atoms with van der Waals surface area (Å²) in [4.78, 5) is 3.90. The largest absolute Gasteiger partial charge is 0.299 e. The maximum absolute atomic E-state index is 2.60. The van der Waals surface area contributed by atoms with Crippen LogP contribution < -0.4 is 0 Å². The molecule has 3 aromatic rings. The second-order valence-electron chi connectivity index (χ2n) is 7.97. The van der Waals surface area contributed by atoms with Crippen molar-refractivity contribution < 1.29 is 0 Å². The monoisotopic (exact) mass is 402 g/mol. The summed E-state index contributed by atoms with van der Waals surface area (Å²) in [5.74, 6) is 0.728. The third-order valence-electron chi connectivity index (χ3n) is 5.70. The van der Waals surface area contributed by atoms with Crippen LogP contribution in [-0.4, -0.2) is 29.3 Å². The highest BCUT2D eigenvalue weighted by molar-refractivity contribution is 7.97. The highest BCUT2D eigenvalue weighted by Gasteiger charge is 2.20. The molecule has 0 N–H and O–H groups in total. The van der Waals surface area contributed by atoms with E-state index in [2.05, 4.69) is 101 Å². The molecule has 1 saturated heterocycles. The van der Waals surface area contributed by atoms with Crippen LogP contribution in [-0.2, 0) is 13.1 Å². The predicted octanol–water partition coefficient (Wildman–Crippen LogP) is 6.21. The zero-order valence-corrected chi connectivity index (χ0v) is 18.0. The quantitative estimate of drug-likeness (QED) is 0.434. The summed E-state index contributed by atoms with van der Waals surface area (Å²) in [6, 6.07) is 30.8. The number of likely N-dealkylation sites (tertiary alicyclic amines) is 1. The number of hydrogen-bond acceptors (Lipinski definition) is 3. The van der Waals surface area contributed by atoms with Crippen molar-refractivity contribution in [3.63, 3.8) is 0 Å². The van der Waals surface area contributed by atoms with Gasteiger partial charge in [-0.15, -0.1) is 0 Å². The molecular weight excluding hydrogens is 372 g/mol. The minimum atomic E-state index is 0.728. The summed E-state index contributed by atoms with van der Waals surface area (Å²) in [5.41, 5.74) is 4.27. The average Bonchev–Trinajstić information content (AvgIpc) is 2.77. The van der Waals surface area contributed by atoms with Crippen molar-refractivity contribution in [2.24, 2.45) is 0 Å². The van der Waals surface area contributed by atoms with Gasteiger partial charge in [-0.3, -0.25) is 4.90 Å². The molecule has 0 amide bonds. The lowest BCUT2D eigenvalue weighted by molar-refractivity contribution is 0.204. The first-order chi connectivity index (χ1) is 14.3. The molecule has 0 aliphatic carbocycles. The van der Waals surface area contributed by atoms with Gasteiger partial charge in [0.2, 0.25) is 0 Å². The van der Waals surface area contributed by atoms with E-state index in [4.69, 9.17) is 0 Å². The average molecular weight is 403 g/mol. The van der Waals surface area contributed by atoms with Gasteiger partial charge in [0.25, 0.3) is 0 Å². The van der Waals surface area contributed by atoms with Gasteiger partial charge < -0.3 is 0 Å². The second kappa shape index (κ2) is 10.1. The van der Waals surface area contributed by atoms with E-state index in [9.17, 15) is 0 Å². The van der Waals surface area contributed by atoms with E-state index in [0.717, 1.165) is 19.0 Å². The number of piperidine rings is 1. The molecule has 0 saturated carbocycles. The lowest BCUT2D eigenvalue weighted by atomic mass is 9.89. The molecule has 0 spiro atoms. The molecule has 1 aliphatic heterocycles. The third-order valence-corrected chi connectivity index (χ3v) is 6.62. The summed E-state index contributed by atoms with van der Waals surface area (Å²) in [6.45, 7) is 4.39. The summed E-state index contributed by atoms with van der Waals surface area (Å²) < 4.78 is 2.29. The number of benzene rings is 3. The van der Waals surface area contributed by atoms with Crippen LogP contribution in [0, 0.1) is 0 Å². The molecular formula is C26H30N2S. The molecule has 2 nitrogen and oxygen atoms in total. The summed E-state index contributed by atoms with van der Waals surface area (Å²) in [5, 5.41) is 0. The van der Waals surface area contributed by atoms with Crippen molar-refractivity contribution in [3.05, 3.63) is 102 Å². The lowest BCUT2D eigenvalue weighted by Crippen LogP contribution is -2.32. The van der Waals surface area contributed by atoms with Crippen LogP contribution in [0.1, 0.15) is 35.4 Å². The molecule has 0 radical (unpaired) electrons. The molecule has 3 heteroatoms. The molecule has 0 bridgehead atoms. The first-order valence-corrected chi connectivity index (χ1v) is 11.3. The Bertz CT molecular complexity index is 856. The highest BCUT2D eigenvalue weighted by atomic mass is 32.2. The highest BCUT2D eigenvalue weighted by Crippen LogP contribution is 2.29. The van der Waals surface area contributed by atoms with Crippen LogP contribution >= 0.6 is 11.9 Å². The number of rotatable bonds is 7. The van der Waals surface area contributed by atoms with Gasteiger partial charge in [-0.25, -0.2) is 4.31 Å². The van der Waals surface area contributed by atoms with Crippen LogP contribution in [0.4, 0.5) is 0 Å². The molecule has 1 heterocycles. The molecule has 150 valence electrons. The van der Waals surface area contributed by atoms with Gasteiger partial charge in [-0.05, 0) is 79.7 Å². The Balaban J connectivity index is 1.24. The third kappa shape index (κ3) is 5.96. The molecule has 0 aromatic heterocycles. The van der Waals surface area contributed by atoms with Crippen LogP contribution in [0.5, 0.6) is 0 Å². The normalized spacial score (nSPS) is 15.7. The summed E-state index contributed by atoms with van der Waals surface area (Å²) >= 11 is 1.81. The van der Waals surface area contributed by atoms with Crippen molar-refractivity contribution in [1.29, 1.82) is 0 Å². The molecule has 29 heavy (non-hydrogen) atoms. The standard InChI is InChI=1S/C26H30N2S/c1-27(20-22-8-4-2-5-9-22)29-26-14-12-23(13-15-26)21-28-18-16-25(17-19-28)24-10-6-3-7-11-24/h2-15,25H,16-21H2,1H3. The SMILES string of the molecule is CN(Cc1ccccc1)Sc1ccc(CN2CCC(c3ccccc3)CC2)cc1.